The van der Waals surface area contributed by atoms with E-state index in [2.05, 4.69) is 15.6 Å². The van der Waals surface area contributed by atoms with Crippen LogP contribution in [0, 0.1) is 0 Å². The van der Waals surface area contributed by atoms with Crippen LogP contribution >= 0.6 is 12.2 Å². The molecule has 116 valence electrons. The number of benzene rings is 2. The second-order valence-electron chi connectivity index (χ2n) is 5.22. The maximum absolute atomic E-state index is 5.57. The molecule has 3 aromatic rings. The second kappa shape index (κ2) is 5.81. The van der Waals surface area contributed by atoms with Crippen molar-refractivity contribution in [2.45, 2.75) is 0 Å². The Hall–Kier alpha value is -2.73. The summed E-state index contributed by atoms with van der Waals surface area (Å²) in [4.78, 5) is 3.17. The lowest BCUT2D eigenvalue weighted by Crippen LogP contribution is -2.20. The lowest BCUT2D eigenvalue weighted by atomic mass is 10.2. The molecule has 0 aliphatic carbocycles. The van der Waals surface area contributed by atoms with Gasteiger partial charge in [0.05, 0.1) is 0 Å². The van der Waals surface area contributed by atoms with Gasteiger partial charge in [0.2, 0.25) is 0 Å². The number of aromatic nitrogens is 1. The highest BCUT2D eigenvalue weighted by atomic mass is 32.1. The Kier molecular flexibility index (Phi) is 3.51. The topological polar surface area (TPSA) is 58.3 Å². The van der Waals surface area contributed by atoms with Gasteiger partial charge in [0, 0.05) is 34.5 Å². The maximum atomic E-state index is 5.57. The van der Waals surface area contributed by atoms with Crippen molar-refractivity contribution in [2.75, 3.05) is 23.8 Å². The normalized spacial score (nSPS) is 12.9. The third kappa shape index (κ3) is 2.93. The molecule has 2 heterocycles. The van der Waals surface area contributed by atoms with Crippen LogP contribution in [0.4, 0.5) is 11.4 Å². The molecule has 3 N–H and O–H groups in total. The zero-order valence-electron chi connectivity index (χ0n) is 12.3. The van der Waals surface area contributed by atoms with Crippen LogP contribution in [0.3, 0.4) is 0 Å². The lowest BCUT2D eigenvalue weighted by molar-refractivity contribution is 0.171. The number of H-pyrrole nitrogens is 1. The maximum Gasteiger partial charge on any atom is 0.175 e. The van der Waals surface area contributed by atoms with Gasteiger partial charge < -0.3 is 25.1 Å². The van der Waals surface area contributed by atoms with Crippen LogP contribution < -0.4 is 20.1 Å². The molecule has 0 saturated heterocycles. The first-order valence-electron chi connectivity index (χ1n) is 7.33. The van der Waals surface area contributed by atoms with Gasteiger partial charge in [-0.3, -0.25) is 0 Å². The van der Waals surface area contributed by atoms with Crippen molar-refractivity contribution in [3.63, 3.8) is 0 Å². The molecule has 1 aliphatic heterocycles. The van der Waals surface area contributed by atoms with Gasteiger partial charge in [0.25, 0.3) is 0 Å². The summed E-state index contributed by atoms with van der Waals surface area (Å²) in [5, 5.41) is 8.01. The molecule has 5 nitrogen and oxygen atoms in total. The minimum Gasteiger partial charge on any atom is -0.486 e. The Morgan fingerprint density at radius 3 is 2.52 bits per heavy atom. The van der Waals surface area contributed by atoms with Gasteiger partial charge in [0.1, 0.15) is 13.2 Å². The molecule has 0 radical (unpaired) electrons. The van der Waals surface area contributed by atoms with Crippen molar-refractivity contribution >= 4 is 39.6 Å². The third-order valence-corrected chi connectivity index (χ3v) is 3.82. The molecular formula is C17H15N3O2S. The number of aromatic amines is 1. The van der Waals surface area contributed by atoms with Crippen LogP contribution in [0.15, 0.2) is 48.7 Å². The number of thiocarbonyl (C=S) groups is 1. The largest absolute Gasteiger partial charge is 0.486 e. The Labute approximate surface area is 138 Å². The number of anilines is 2. The summed E-state index contributed by atoms with van der Waals surface area (Å²) in [6.07, 6.45) is 1.92. The number of fused-ring (bicyclic) bond motifs is 2. The van der Waals surface area contributed by atoms with E-state index in [0.717, 1.165) is 33.8 Å². The van der Waals surface area contributed by atoms with E-state index in [9.17, 15) is 0 Å². The fourth-order valence-corrected chi connectivity index (χ4v) is 2.78. The van der Waals surface area contributed by atoms with Crippen LogP contribution in [0.2, 0.25) is 0 Å². The van der Waals surface area contributed by atoms with E-state index in [1.54, 1.807) is 0 Å². The summed E-state index contributed by atoms with van der Waals surface area (Å²) in [6, 6.07) is 13.8. The van der Waals surface area contributed by atoms with Crippen LogP contribution in [0.25, 0.3) is 10.9 Å². The highest BCUT2D eigenvalue weighted by Crippen LogP contribution is 2.32. The number of hydrogen-bond acceptors (Lipinski definition) is 3. The van der Waals surface area contributed by atoms with Gasteiger partial charge in [-0.1, -0.05) is 0 Å². The molecule has 0 spiro atoms. The smallest absolute Gasteiger partial charge is 0.175 e. The Morgan fingerprint density at radius 1 is 0.913 bits per heavy atom. The first-order valence-corrected chi connectivity index (χ1v) is 7.73. The molecule has 0 atom stereocenters. The van der Waals surface area contributed by atoms with Gasteiger partial charge in [0.15, 0.2) is 16.6 Å². The molecule has 23 heavy (non-hydrogen) atoms. The summed E-state index contributed by atoms with van der Waals surface area (Å²) in [6.45, 7) is 1.15. The van der Waals surface area contributed by atoms with Gasteiger partial charge in [-0.25, -0.2) is 0 Å². The van der Waals surface area contributed by atoms with Crippen LogP contribution in [0.5, 0.6) is 11.5 Å². The molecule has 0 fully saturated rings. The van der Waals surface area contributed by atoms with Gasteiger partial charge >= 0.3 is 0 Å². The highest BCUT2D eigenvalue weighted by Gasteiger charge is 2.12. The summed E-state index contributed by atoms with van der Waals surface area (Å²) in [5.41, 5.74) is 2.89. The number of ether oxygens (including phenoxy) is 2. The summed E-state index contributed by atoms with van der Waals surface area (Å²) >= 11 is 5.37. The zero-order valence-corrected chi connectivity index (χ0v) is 13.1. The quantitative estimate of drug-likeness (QED) is 0.627. The van der Waals surface area contributed by atoms with Crippen molar-refractivity contribution in [3.8, 4) is 11.5 Å². The molecule has 0 saturated carbocycles. The number of nitrogens with one attached hydrogen (secondary N) is 3. The first-order chi connectivity index (χ1) is 11.3. The van der Waals surface area contributed by atoms with E-state index in [4.69, 9.17) is 21.7 Å². The molecular weight excluding hydrogens is 310 g/mol. The van der Waals surface area contributed by atoms with E-state index >= 15 is 0 Å². The summed E-state index contributed by atoms with van der Waals surface area (Å²) < 4.78 is 11.1. The molecule has 1 aliphatic rings. The molecule has 2 aromatic carbocycles. The van der Waals surface area contributed by atoms with Crippen molar-refractivity contribution in [3.05, 3.63) is 48.7 Å². The second-order valence-corrected chi connectivity index (χ2v) is 5.63. The fraction of sp³-hybridized carbons (Fsp3) is 0.118. The van der Waals surface area contributed by atoms with Crippen molar-refractivity contribution < 1.29 is 9.47 Å². The predicted octanol–water partition coefficient (Wildman–Crippen LogP) is 3.75. The predicted molar refractivity (Wildman–Crippen MR) is 95.6 cm³/mol. The van der Waals surface area contributed by atoms with E-state index in [1.165, 1.54) is 0 Å². The molecule has 0 amide bonds. The SMILES string of the molecule is S=C(Nc1ccc2c(c1)OCCO2)Nc1ccc2[nH]ccc2c1. The zero-order chi connectivity index (χ0) is 15.6. The van der Waals surface area contributed by atoms with Gasteiger partial charge in [-0.15, -0.1) is 0 Å². The van der Waals surface area contributed by atoms with Crippen molar-refractivity contribution in [1.82, 2.24) is 4.98 Å². The highest BCUT2D eigenvalue weighted by molar-refractivity contribution is 7.80. The summed E-state index contributed by atoms with van der Waals surface area (Å²) in [7, 11) is 0. The van der Waals surface area contributed by atoms with E-state index in [-0.39, 0.29) is 0 Å². The van der Waals surface area contributed by atoms with E-state index in [0.29, 0.717) is 18.3 Å². The van der Waals surface area contributed by atoms with Gasteiger partial charge in [-0.05, 0) is 48.6 Å². The third-order valence-electron chi connectivity index (χ3n) is 3.61. The minimum atomic E-state index is 0.525. The first kappa shape index (κ1) is 13.9. The Bertz CT molecular complexity index is 875. The van der Waals surface area contributed by atoms with E-state index in [1.807, 2.05) is 48.7 Å². The Morgan fingerprint density at radius 2 is 1.65 bits per heavy atom. The van der Waals surface area contributed by atoms with E-state index < -0.39 is 0 Å². The van der Waals surface area contributed by atoms with Crippen molar-refractivity contribution in [1.29, 1.82) is 0 Å². The van der Waals surface area contributed by atoms with Gasteiger partial charge in [-0.2, -0.15) is 0 Å². The standard InChI is InChI=1S/C17H15N3O2S/c23-17(19-12-1-3-14-11(9-12)5-6-18-14)20-13-2-4-15-16(10-13)22-8-7-21-15/h1-6,9-10,18H,7-8H2,(H2,19,20,23). The van der Waals surface area contributed by atoms with Crippen LogP contribution in [-0.2, 0) is 0 Å². The number of hydrogen-bond donors (Lipinski definition) is 3. The number of rotatable bonds is 2. The monoisotopic (exact) mass is 325 g/mol. The molecule has 0 bridgehead atoms. The lowest BCUT2D eigenvalue weighted by Gasteiger charge is -2.19. The summed E-state index contributed by atoms with van der Waals surface area (Å²) in [5.74, 6) is 1.50. The Balaban J connectivity index is 1.47. The van der Waals surface area contributed by atoms with Crippen molar-refractivity contribution in [2.24, 2.45) is 0 Å². The minimum absolute atomic E-state index is 0.525. The molecule has 4 rings (SSSR count). The van der Waals surface area contributed by atoms with Crippen LogP contribution in [-0.4, -0.2) is 23.3 Å². The molecule has 6 heteroatoms. The average Bonchev–Trinajstić information content (AvgIpc) is 3.02. The van der Waals surface area contributed by atoms with Crippen LogP contribution in [0.1, 0.15) is 0 Å². The molecule has 0 unspecified atom stereocenters. The fourth-order valence-electron chi connectivity index (χ4n) is 2.55. The average molecular weight is 325 g/mol. The molecule has 1 aromatic heterocycles.